The summed E-state index contributed by atoms with van der Waals surface area (Å²) in [6.07, 6.45) is -1.10. The second kappa shape index (κ2) is 11.9. The molecule has 0 aliphatic carbocycles. The maximum atomic E-state index is 13.9. The number of carboxylic acid groups (broad SMARTS) is 1. The first kappa shape index (κ1) is 26.2. The highest BCUT2D eigenvalue weighted by Gasteiger charge is 2.43. The number of carbonyl (C=O) groups is 3. The molecule has 0 radical (unpaired) electrons. The Kier molecular flexibility index (Phi) is 8.43. The first-order valence-corrected chi connectivity index (χ1v) is 12.1. The van der Waals surface area contributed by atoms with Crippen LogP contribution in [0.15, 0.2) is 78.9 Å². The molecule has 1 aliphatic rings. The predicted molar refractivity (Wildman–Crippen MR) is 137 cm³/mol. The average molecular weight is 523 g/mol. The Bertz CT molecular complexity index is 1250. The van der Waals surface area contributed by atoms with E-state index in [9.17, 15) is 19.5 Å². The average Bonchev–Trinajstić information content (AvgIpc) is 2.89. The number of hydrogen-bond acceptors (Lipinski definition) is 5. The minimum atomic E-state index is -1.15. The number of hydrogen-bond donors (Lipinski definition) is 1. The smallest absolute Gasteiger partial charge is 0.323 e. The van der Waals surface area contributed by atoms with Gasteiger partial charge in [-0.25, -0.2) is 0 Å². The highest BCUT2D eigenvalue weighted by Crippen LogP contribution is 2.33. The van der Waals surface area contributed by atoms with Gasteiger partial charge in [0.2, 0.25) is 5.91 Å². The van der Waals surface area contributed by atoms with Gasteiger partial charge >= 0.3 is 5.97 Å². The van der Waals surface area contributed by atoms with E-state index in [1.165, 1.54) is 4.90 Å². The Morgan fingerprint density at radius 2 is 1.78 bits per heavy atom. The number of halogens is 1. The van der Waals surface area contributed by atoms with Gasteiger partial charge < -0.3 is 24.4 Å². The zero-order valence-corrected chi connectivity index (χ0v) is 21.0. The highest BCUT2D eigenvalue weighted by molar-refractivity contribution is 6.30. The fraction of sp³-hybridized carbons (Fsp3) is 0.250. The normalized spacial score (nSPS) is 17.4. The maximum Gasteiger partial charge on any atom is 0.323 e. The summed E-state index contributed by atoms with van der Waals surface area (Å²) in [6.45, 7) is -0.555. The van der Waals surface area contributed by atoms with Gasteiger partial charge in [0.15, 0.2) is 6.10 Å². The van der Waals surface area contributed by atoms with E-state index < -0.39 is 30.6 Å². The molecule has 3 aromatic rings. The lowest BCUT2D eigenvalue weighted by Gasteiger charge is -2.42. The number of nitrogens with zero attached hydrogens (tertiary/aromatic N) is 2. The third-order valence-electron chi connectivity index (χ3n) is 6.13. The van der Waals surface area contributed by atoms with Crippen molar-refractivity contribution in [1.82, 2.24) is 9.80 Å². The van der Waals surface area contributed by atoms with Crippen LogP contribution in [0, 0.1) is 0 Å². The molecule has 4 rings (SSSR count). The molecule has 2 amide bonds. The lowest BCUT2D eigenvalue weighted by atomic mass is 9.95. The molecular formula is C28H27ClN2O6. The molecule has 192 valence electrons. The topological polar surface area (TPSA) is 96.4 Å². The molecule has 1 N–H and O–H groups in total. The highest BCUT2D eigenvalue weighted by atomic mass is 35.5. The number of rotatable bonds is 9. The van der Waals surface area contributed by atoms with Gasteiger partial charge in [-0.15, -0.1) is 0 Å². The predicted octanol–water partition coefficient (Wildman–Crippen LogP) is 3.93. The summed E-state index contributed by atoms with van der Waals surface area (Å²) in [5.41, 5.74) is 2.24. The summed E-state index contributed by atoms with van der Waals surface area (Å²) in [5.74, 6) is -1.30. The monoisotopic (exact) mass is 522 g/mol. The van der Waals surface area contributed by atoms with Crippen LogP contribution in [0.3, 0.4) is 0 Å². The summed E-state index contributed by atoms with van der Waals surface area (Å²) in [4.78, 5) is 41.5. The quantitative estimate of drug-likeness (QED) is 0.457. The van der Waals surface area contributed by atoms with Crippen molar-refractivity contribution in [2.45, 2.75) is 25.2 Å². The van der Waals surface area contributed by atoms with Gasteiger partial charge in [-0.3, -0.25) is 14.4 Å². The maximum absolute atomic E-state index is 13.9. The fourth-order valence-corrected chi connectivity index (χ4v) is 4.60. The second-order valence-corrected chi connectivity index (χ2v) is 9.11. The Morgan fingerprint density at radius 3 is 2.43 bits per heavy atom. The van der Waals surface area contributed by atoms with Crippen molar-refractivity contribution in [3.05, 3.63) is 101 Å². The number of methoxy groups -OCH3 is 1. The molecule has 0 aromatic heterocycles. The molecule has 37 heavy (non-hydrogen) atoms. The molecule has 0 saturated carbocycles. The number of morpholine rings is 1. The van der Waals surface area contributed by atoms with E-state index in [4.69, 9.17) is 21.1 Å². The van der Waals surface area contributed by atoms with Crippen LogP contribution < -0.4 is 4.74 Å². The number of carbonyl (C=O) groups excluding carboxylic acids is 2. The van der Waals surface area contributed by atoms with Gasteiger partial charge in [0.1, 0.15) is 18.9 Å². The molecule has 0 bridgehead atoms. The second-order valence-electron chi connectivity index (χ2n) is 8.67. The zero-order chi connectivity index (χ0) is 26.4. The van der Waals surface area contributed by atoms with Crippen LogP contribution in [-0.4, -0.2) is 59.1 Å². The van der Waals surface area contributed by atoms with E-state index in [1.54, 1.807) is 54.5 Å². The van der Waals surface area contributed by atoms with E-state index in [0.29, 0.717) is 16.3 Å². The van der Waals surface area contributed by atoms with Crippen LogP contribution in [0.25, 0.3) is 0 Å². The van der Waals surface area contributed by atoms with Crippen LogP contribution in [0.4, 0.5) is 0 Å². The van der Waals surface area contributed by atoms with Crippen LogP contribution in [-0.2, 0) is 32.2 Å². The summed E-state index contributed by atoms with van der Waals surface area (Å²) in [7, 11) is 1.55. The Labute approximate surface area is 220 Å². The molecule has 0 unspecified atom stereocenters. The van der Waals surface area contributed by atoms with Crippen molar-refractivity contribution in [2.24, 2.45) is 0 Å². The van der Waals surface area contributed by atoms with Crippen LogP contribution in [0.1, 0.15) is 22.7 Å². The van der Waals surface area contributed by atoms with Gasteiger partial charge in [-0.05, 0) is 41.0 Å². The first-order valence-electron chi connectivity index (χ1n) is 11.7. The molecule has 1 aliphatic heterocycles. The van der Waals surface area contributed by atoms with Gasteiger partial charge in [0.25, 0.3) is 5.91 Å². The fourth-order valence-electron chi connectivity index (χ4n) is 4.39. The largest absolute Gasteiger partial charge is 0.497 e. The lowest BCUT2D eigenvalue weighted by Crippen LogP contribution is -2.55. The van der Waals surface area contributed by atoms with Crippen molar-refractivity contribution in [3.63, 3.8) is 0 Å². The molecule has 1 fully saturated rings. The number of aliphatic carboxylic acids is 1. The van der Waals surface area contributed by atoms with E-state index >= 15 is 0 Å². The van der Waals surface area contributed by atoms with Crippen LogP contribution in [0.2, 0.25) is 5.02 Å². The van der Waals surface area contributed by atoms with E-state index in [1.807, 2.05) is 36.4 Å². The minimum absolute atomic E-state index is 0.0543. The Morgan fingerprint density at radius 1 is 1.05 bits per heavy atom. The minimum Gasteiger partial charge on any atom is -0.497 e. The van der Waals surface area contributed by atoms with Crippen molar-refractivity contribution >= 4 is 29.4 Å². The molecule has 0 spiro atoms. The lowest BCUT2D eigenvalue weighted by molar-refractivity contribution is -0.172. The van der Waals surface area contributed by atoms with Gasteiger partial charge in [-0.2, -0.15) is 0 Å². The van der Waals surface area contributed by atoms with E-state index in [2.05, 4.69) is 0 Å². The van der Waals surface area contributed by atoms with Crippen molar-refractivity contribution in [3.8, 4) is 5.75 Å². The third kappa shape index (κ3) is 6.47. The van der Waals surface area contributed by atoms with Crippen molar-refractivity contribution in [1.29, 1.82) is 0 Å². The number of ether oxygens (including phenoxy) is 2. The van der Waals surface area contributed by atoms with Crippen LogP contribution in [0.5, 0.6) is 5.75 Å². The standard InChI is InChI=1S/C28H27ClN2O6/c1-36-23-12-10-19(11-13-23)15-30(17-25(33)34)28(35)27-26(21-7-3-2-4-8-21)31(24(32)18-37-27)16-20-6-5-9-22(29)14-20/h2-14,26-27H,15-18H2,1H3,(H,33,34)/t26-,27-/m1/s1. The number of amides is 2. The molecule has 2 atom stereocenters. The third-order valence-corrected chi connectivity index (χ3v) is 6.36. The van der Waals surface area contributed by atoms with Crippen molar-refractivity contribution in [2.75, 3.05) is 20.3 Å². The Hall–Kier alpha value is -3.88. The first-order chi connectivity index (χ1) is 17.9. The van der Waals surface area contributed by atoms with E-state index in [0.717, 1.165) is 11.1 Å². The number of benzene rings is 3. The molecule has 3 aromatic carbocycles. The van der Waals surface area contributed by atoms with Gasteiger partial charge in [0, 0.05) is 18.1 Å². The molecular weight excluding hydrogens is 496 g/mol. The SMILES string of the molecule is COc1ccc(CN(CC(=O)O)C(=O)[C@@H]2OCC(=O)N(Cc3cccc(Cl)c3)[C@@H]2c2ccccc2)cc1. The van der Waals surface area contributed by atoms with Crippen LogP contribution >= 0.6 is 11.6 Å². The zero-order valence-electron chi connectivity index (χ0n) is 20.2. The summed E-state index contributed by atoms with van der Waals surface area (Å²) in [5, 5.41) is 10.1. The summed E-state index contributed by atoms with van der Waals surface area (Å²) in [6, 6.07) is 22.6. The molecule has 9 heteroatoms. The molecule has 1 heterocycles. The molecule has 8 nitrogen and oxygen atoms in total. The summed E-state index contributed by atoms with van der Waals surface area (Å²) >= 11 is 6.17. The molecule has 1 saturated heterocycles. The Balaban J connectivity index is 1.67. The number of carboxylic acids is 1. The summed E-state index contributed by atoms with van der Waals surface area (Å²) < 4.78 is 11.0. The van der Waals surface area contributed by atoms with E-state index in [-0.39, 0.29) is 25.6 Å². The van der Waals surface area contributed by atoms with Crippen molar-refractivity contribution < 1.29 is 29.0 Å². The van der Waals surface area contributed by atoms with Gasteiger partial charge in [0.05, 0.1) is 13.2 Å². The van der Waals surface area contributed by atoms with Gasteiger partial charge in [-0.1, -0.05) is 66.2 Å².